The average Bonchev–Trinajstić information content (AvgIpc) is 2.31. The SMILES string of the molecule is Cn1ccc2cc(F)cc(N)c21. The van der Waals surface area contributed by atoms with Crippen molar-refractivity contribution >= 4 is 16.6 Å². The van der Waals surface area contributed by atoms with Gasteiger partial charge in [-0.2, -0.15) is 0 Å². The molecule has 0 amide bonds. The summed E-state index contributed by atoms with van der Waals surface area (Å²) in [5, 5.41) is 0.843. The number of aromatic nitrogens is 1. The number of aryl methyl sites for hydroxylation is 1. The Hall–Kier alpha value is -1.51. The van der Waals surface area contributed by atoms with E-state index in [9.17, 15) is 4.39 Å². The summed E-state index contributed by atoms with van der Waals surface area (Å²) in [6.07, 6.45) is 1.86. The Kier molecular flexibility index (Phi) is 1.33. The minimum atomic E-state index is -0.286. The van der Waals surface area contributed by atoms with Crippen LogP contribution < -0.4 is 5.73 Å². The molecule has 3 heteroatoms. The number of rotatable bonds is 0. The van der Waals surface area contributed by atoms with Crippen LogP contribution in [0.15, 0.2) is 24.4 Å². The first-order chi connectivity index (χ1) is 5.68. The molecule has 0 aliphatic rings. The van der Waals surface area contributed by atoms with Gasteiger partial charge < -0.3 is 10.3 Å². The Morgan fingerprint density at radius 2 is 2.17 bits per heavy atom. The molecule has 1 aromatic heterocycles. The molecule has 0 fully saturated rings. The molecule has 0 saturated carbocycles. The topological polar surface area (TPSA) is 30.9 Å². The monoisotopic (exact) mass is 164 g/mol. The molecule has 0 radical (unpaired) electrons. The molecule has 2 aromatic rings. The number of nitrogens with zero attached hydrogens (tertiary/aromatic N) is 1. The Labute approximate surface area is 69.4 Å². The average molecular weight is 164 g/mol. The van der Waals surface area contributed by atoms with Crippen molar-refractivity contribution in [3.8, 4) is 0 Å². The number of nitrogens with two attached hydrogens (primary N) is 1. The van der Waals surface area contributed by atoms with Crippen molar-refractivity contribution in [2.75, 3.05) is 5.73 Å². The van der Waals surface area contributed by atoms with Crippen LogP contribution in [0.4, 0.5) is 10.1 Å². The van der Waals surface area contributed by atoms with Gasteiger partial charge in [-0.1, -0.05) is 0 Å². The molecule has 2 N–H and O–H groups in total. The number of benzene rings is 1. The third-order valence-corrected chi connectivity index (χ3v) is 1.96. The Morgan fingerprint density at radius 3 is 2.92 bits per heavy atom. The first-order valence-electron chi connectivity index (χ1n) is 3.68. The highest BCUT2D eigenvalue weighted by Gasteiger charge is 2.03. The highest BCUT2D eigenvalue weighted by atomic mass is 19.1. The maximum absolute atomic E-state index is 12.8. The van der Waals surface area contributed by atoms with Crippen molar-refractivity contribution in [1.82, 2.24) is 4.57 Å². The maximum Gasteiger partial charge on any atom is 0.126 e. The zero-order valence-corrected chi connectivity index (χ0v) is 6.71. The first kappa shape index (κ1) is 7.16. The molecule has 2 rings (SSSR count). The number of hydrogen-bond donors (Lipinski definition) is 1. The van der Waals surface area contributed by atoms with Gasteiger partial charge in [-0.3, -0.25) is 0 Å². The van der Waals surface area contributed by atoms with Crippen LogP contribution in [-0.4, -0.2) is 4.57 Å². The molecular formula is C9H9FN2. The van der Waals surface area contributed by atoms with E-state index in [1.54, 1.807) is 0 Å². The summed E-state index contributed by atoms with van der Waals surface area (Å²) in [7, 11) is 1.89. The van der Waals surface area contributed by atoms with Gasteiger partial charge in [0.25, 0.3) is 0 Å². The summed E-state index contributed by atoms with van der Waals surface area (Å²) in [6, 6.07) is 4.66. The van der Waals surface area contributed by atoms with Crippen molar-refractivity contribution in [3.05, 3.63) is 30.2 Å². The van der Waals surface area contributed by atoms with E-state index >= 15 is 0 Å². The van der Waals surface area contributed by atoms with E-state index in [0.29, 0.717) is 5.69 Å². The molecule has 0 spiro atoms. The minimum Gasteiger partial charge on any atom is -0.397 e. The third kappa shape index (κ3) is 0.863. The van der Waals surface area contributed by atoms with Crippen LogP contribution in [0.2, 0.25) is 0 Å². The zero-order valence-electron chi connectivity index (χ0n) is 6.71. The van der Waals surface area contributed by atoms with E-state index in [2.05, 4.69) is 0 Å². The highest BCUT2D eigenvalue weighted by Crippen LogP contribution is 2.22. The lowest BCUT2D eigenvalue weighted by atomic mass is 10.2. The predicted molar refractivity (Wildman–Crippen MR) is 47.3 cm³/mol. The second kappa shape index (κ2) is 2.24. The fourth-order valence-corrected chi connectivity index (χ4v) is 1.44. The normalized spacial score (nSPS) is 10.8. The molecule has 1 aromatic carbocycles. The van der Waals surface area contributed by atoms with Gasteiger partial charge in [-0.25, -0.2) is 4.39 Å². The zero-order chi connectivity index (χ0) is 8.72. The Bertz CT molecular complexity index is 431. The lowest BCUT2D eigenvalue weighted by Gasteiger charge is -2.00. The van der Waals surface area contributed by atoms with Crippen LogP contribution in [-0.2, 0) is 7.05 Å². The molecule has 2 nitrogen and oxygen atoms in total. The largest absolute Gasteiger partial charge is 0.397 e. The smallest absolute Gasteiger partial charge is 0.126 e. The molecule has 0 aliphatic carbocycles. The van der Waals surface area contributed by atoms with Gasteiger partial charge in [0.1, 0.15) is 5.82 Å². The number of anilines is 1. The van der Waals surface area contributed by atoms with E-state index in [4.69, 9.17) is 5.73 Å². The molecule has 62 valence electrons. The number of hydrogen-bond acceptors (Lipinski definition) is 1. The summed E-state index contributed by atoms with van der Waals surface area (Å²) in [5.41, 5.74) is 7.01. The van der Waals surface area contributed by atoms with Gasteiger partial charge in [0, 0.05) is 18.6 Å². The van der Waals surface area contributed by atoms with Crippen molar-refractivity contribution < 1.29 is 4.39 Å². The summed E-state index contributed by atoms with van der Waals surface area (Å²) in [4.78, 5) is 0. The molecule has 0 aliphatic heterocycles. The van der Waals surface area contributed by atoms with Crippen molar-refractivity contribution in [2.24, 2.45) is 7.05 Å². The van der Waals surface area contributed by atoms with Crippen LogP contribution in [0.25, 0.3) is 10.9 Å². The fourth-order valence-electron chi connectivity index (χ4n) is 1.44. The van der Waals surface area contributed by atoms with E-state index in [1.165, 1.54) is 12.1 Å². The number of halogens is 1. The quantitative estimate of drug-likeness (QED) is 0.592. The van der Waals surface area contributed by atoms with Crippen LogP contribution in [0.5, 0.6) is 0 Å². The van der Waals surface area contributed by atoms with E-state index in [0.717, 1.165) is 10.9 Å². The summed E-state index contributed by atoms with van der Waals surface area (Å²) in [6.45, 7) is 0. The van der Waals surface area contributed by atoms with Crippen molar-refractivity contribution in [2.45, 2.75) is 0 Å². The van der Waals surface area contributed by atoms with Gasteiger partial charge in [0.2, 0.25) is 0 Å². The Morgan fingerprint density at radius 1 is 1.42 bits per heavy atom. The minimum absolute atomic E-state index is 0.286. The van der Waals surface area contributed by atoms with Gasteiger partial charge in [-0.15, -0.1) is 0 Å². The molecule has 0 saturated heterocycles. The van der Waals surface area contributed by atoms with Crippen molar-refractivity contribution in [3.63, 3.8) is 0 Å². The van der Waals surface area contributed by atoms with E-state index in [-0.39, 0.29) is 5.82 Å². The summed E-state index contributed by atoms with van der Waals surface area (Å²) in [5.74, 6) is -0.286. The molecule has 12 heavy (non-hydrogen) atoms. The molecular weight excluding hydrogens is 155 g/mol. The van der Waals surface area contributed by atoms with Gasteiger partial charge in [0.05, 0.1) is 11.2 Å². The van der Waals surface area contributed by atoms with Crippen LogP contribution >= 0.6 is 0 Å². The van der Waals surface area contributed by atoms with Crippen LogP contribution in [0, 0.1) is 5.82 Å². The van der Waals surface area contributed by atoms with E-state index in [1.807, 2.05) is 23.9 Å². The van der Waals surface area contributed by atoms with Gasteiger partial charge in [0.15, 0.2) is 0 Å². The summed E-state index contributed by atoms with van der Waals surface area (Å²) < 4.78 is 14.7. The second-order valence-corrected chi connectivity index (χ2v) is 2.86. The first-order valence-corrected chi connectivity index (χ1v) is 3.68. The number of nitrogen functional groups attached to an aromatic ring is 1. The number of fused-ring (bicyclic) bond motifs is 1. The predicted octanol–water partition coefficient (Wildman–Crippen LogP) is 1.90. The van der Waals surface area contributed by atoms with Gasteiger partial charge >= 0.3 is 0 Å². The third-order valence-electron chi connectivity index (χ3n) is 1.96. The highest BCUT2D eigenvalue weighted by molar-refractivity contribution is 5.90. The maximum atomic E-state index is 12.8. The van der Waals surface area contributed by atoms with Gasteiger partial charge in [-0.05, 0) is 18.2 Å². The van der Waals surface area contributed by atoms with Crippen molar-refractivity contribution in [1.29, 1.82) is 0 Å². The molecule has 0 unspecified atom stereocenters. The molecule has 0 bridgehead atoms. The van der Waals surface area contributed by atoms with E-state index < -0.39 is 0 Å². The molecule has 0 atom stereocenters. The fraction of sp³-hybridized carbons (Fsp3) is 0.111. The Balaban J connectivity index is 2.93. The second-order valence-electron chi connectivity index (χ2n) is 2.86. The standard InChI is InChI=1S/C9H9FN2/c1-12-3-2-6-4-7(10)5-8(11)9(6)12/h2-5H,11H2,1H3. The summed E-state index contributed by atoms with van der Waals surface area (Å²) >= 11 is 0. The lowest BCUT2D eigenvalue weighted by Crippen LogP contribution is -1.92. The lowest BCUT2D eigenvalue weighted by molar-refractivity contribution is 0.630. The van der Waals surface area contributed by atoms with Crippen LogP contribution in [0.1, 0.15) is 0 Å². The van der Waals surface area contributed by atoms with Crippen LogP contribution in [0.3, 0.4) is 0 Å². The molecule has 1 heterocycles.